The maximum atomic E-state index is 12.2. The summed E-state index contributed by atoms with van der Waals surface area (Å²) in [7, 11) is 0. The fourth-order valence-corrected chi connectivity index (χ4v) is 2.56. The second-order valence-electron chi connectivity index (χ2n) is 4.83. The number of hydrogen-bond acceptors (Lipinski definition) is 5. The van der Waals surface area contributed by atoms with Gasteiger partial charge in [-0.2, -0.15) is 0 Å². The van der Waals surface area contributed by atoms with Crippen LogP contribution in [0.1, 0.15) is 17.3 Å². The summed E-state index contributed by atoms with van der Waals surface area (Å²) >= 11 is 11.7. The van der Waals surface area contributed by atoms with Gasteiger partial charge in [-0.05, 0) is 19.1 Å². The van der Waals surface area contributed by atoms with E-state index in [1.54, 1.807) is 4.90 Å². The van der Waals surface area contributed by atoms with Gasteiger partial charge in [-0.3, -0.25) is 4.79 Å². The summed E-state index contributed by atoms with van der Waals surface area (Å²) in [6.07, 6.45) is -0.928. The number of anilines is 1. The van der Waals surface area contributed by atoms with Crippen molar-refractivity contribution in [3.8, 4) is 0 Å². The number of esters is 1. The van der Waals surface area contributed by atoms with Crippen molar-refractivity contribution in [1.29, 1.82) is 0 Å². The van der Waals surface area contributed by atoms with Gasteiger partial charge in [0.15, 0.2) is 6.10 Å². The van der Waals surface area contributed by atoms with Gasteiger partial charge < -0.3 is 20.1 Å². The Hall–Kier alpha value is -1.50. The van der Waals surface area contributed by atoms with Crippen molar-refractivity contribution < 1.29 is 19.1 Å². The summed E-state index contributed by atoms with van der Waals surface area (Å²) in [5.74, 6) is -1.01. The zero-order chi connectivity index (χ0) is 16.3. The molecule has 0 aliphatic carbocycles. The van der Waals surface area contributed by atoms with Crippen LogP contribution >= 0.6 is 23.2 Å². The van der Waals surface area contributed by atoms with Gasteiger partial charge in [0.25, 0.3) is 5.91 Å². The summed E-state index contributed by atoms with van der Waals surface area (Å²) in [6.45, 7) is 3.42. The Morgan fingerprint density at radius 1 is 1.32 bits per heavy atom. The molecule has 8 heteroatoms. The SMILES string of the molecule is CC(OC(=O)c1cc(Cl)cc(Cl)c1N)C(=O)N1CCOCC1. The van der Waals surface area contributed by atoms with Crippen molar-refractivity contribution in [3.05, 3.63) is 27.7 Å². The van der Waals surface area contributed by atoms with Gasteiger partial charge in [0.05, 0.1) is 29.5 Å². The van der Waals surface area contributed by atoms with E-state index in [0.717, 1.165) is 0 Å². The summed E-state index contributed by atoms with van der Waals surface area (Å²) in [5.41, 5.74) is 5.86. The van der Waals surface area contributed by atoms with Gasteiger partial charge in [0.2, 0.25) is 0 Å². The molecule has 22 heavy (non-hydrogen) atoms. The Bertz CT molecular complexity index is 588. The number of rotatable bonds is 3. The molecule has 6 nitrogen and oxygen atoms in total. The Labute approximate surface area is 138 Å². The number of amides is 1. The molecule has 0 saturated carbocycles. The molecule has 1 fully saturated rings. The number of hydrogen-bond donors (Lipinski definition) is 1. The lowest BCUT2D eigenvalue weighted by molar-refractivity contribution is -0.143. The molecule has 1 aromatic rings. The number of nitrogens with two attached hydrogens (primary N) is 1. The largest absolute Gasteiger partial charge is 0.449 e. The van der Waals surface area contributed by atoms with E-state index in [2.05, 4.69) is 0 Å². The van der Waals surface area contributed by atoms with E-state index in [-0.39, 0.29) is 27.2 Å². The lowest BCUT2D eigenvalue weighted by Gasteiger charge is -2.29. The van der Waals surface area contributed by atoms with Crippen LogP contribution in [-0.4, -0.2) is 49.2 Å². The first-order valence-corrected chi connectivity index (χ1v) is 7.47. The molecule has 1 aliphatic rings. The van der Waals surface area contributed by atoms with E-state index in [1.165, 1.54) is 19.1 Å². The molecule has 1 aromatic carbocycles. The number of benzene rings is 1. The summed E-state index contributed by atoms with van der Waals surface area (Å²) in [4.78, 5) is 25.9. The molecule has 2 rings (SSSR count). The molecule has 1 amide bonds. The van der Waals surface area contributed by atoms with Crippen molar-refractivity contribution in [1.82, 2.24) is 4.90 Å². The third-order valence-corrected chi connectivity index (χ3v) is 3.80. The summed E-state index contributed by atoms with van der Waals surface area (Å²) in [5, 5.41) is 0.421. The average Bonchev–Trinajstić information content (AvgIpc) is 2.50. The van der Waals surface area contributed by atoms with Gasteiger partial charge in [0.1, 0.15) is 0 Å². The highest BCUT2D eigenvalue weighted by Gasteiger charge is 2.26. The predicted molar refractivity (Wildman–Crippen MR) is 83.2 cm³/mol. The van der Waals surface area contributed by atoms with Gasteiger partial charge in [-0.1, -0.05) is 23.2 Å². The monoisotopic (exact) mass is 346 g/mol. The standard InChI is InChI=1S/C14H16Cl2N2O4/c1-8(13(19)18-2-4-21-5-3-18)22-14(20)10-6-9(15)7-11(16)12(10)17/h6-8H,2-5,17H2,1H3. The zero-order valence-electron chi connectivity index (χ0n) is 12.0. The van der Waals surface area contributed by atoms with Gasteiger partial charge in [0, 0.05) is 18.1 Å². The first-order valence-electron chi connectivity index (χ1n) is 6.72. The van der Waals surface area contributed by atoms with Crippen LogP contribution in [-0.2, 0) is 14.3 Å². The fraction of sp³-hybridized carbons (Fsp3) is 0.429. The van der Waals surface area contributed by atoms with Crippen molar-refractivity contribution in [2.75, 3.05) is 32.0 Å². The minimum absolute atomic E-state index is 0.0409. The van der Waals surface area contributed by atoms with Crippen molar-refractivity contribution in [3.63, 3.8) is 0 Å². The van der Waals surface area contributed by atoms with Crippen LogP contribution in [0.4, 0.5) is 5.69 Å². The van der Waals surface area contributed by atoms with E-state index in [4.69, 9.17) is 38.4 Å². The van der Waals surface area contributed by atoms with E-state index >= 15 is 0 Å². The normalized spacial score (nSPS) is 16.2. The topological polar surface area (TPSA) is 81.9 Å². The first-order chi connectivity index (χ1) is 10.4. The number of halogens is 2. The second kappa shape index (κ2) is 7.17. The lowest BCUT2D eigenvalue weighted by Crippen LogP contribution is -2.46. The lowest BCUT2D eigenvalue weighted by atomic mass is 10.2. The van der Waals surface area contributed by atoms with E-state index in [0.29, 0.717) is 26.3 Å². The second-order valence-corrected chi connectivity index (χ2v) is 5.68. The minimum Gasteiger partial charge on any atom is -0.449 e. The third kappa shape index (κ3) is 3.82. The van der Waals surface area contributed by atoms with Crippen LogP contribution in [0, 0.1) is 0 Å². The van der Waals surface area contributed by atoms with E-state index < -0.39 is 12.1 Å². The summed E-state index contributed by atoms with van der Waals surface area (Å²) < 4.78 is 10.3. The predicted octanol–water partition coefficient (Wildman–Crippen LogP) is 1.98. The highest BCUT2D eigenvalue weighted by atomic mass is 35.5. The van der Waals surface area contributed by atoms with Crippen LogP contribution < -0.4 is 5.73 Å². The first kappa shape index (κ1) is 16.9. The van der Waals surface area contributed by atoms with Gasteiger partial charge >= 0.3 is 5.97 Å². The molecule has 1 heterocycles. The summed E-state index contributed by atoms with van der Waals surface area (Å²) in [6, 6.07) is 2.79. The third-order valence-electron chi connectivity index (χ3n) is 3.27. The van der Waals surface area contributed by atoms with Crippen LogP contribution in [0.5, 0.6) is 0 Å². The highest BCUT2D eigenvalue weighted by molar-refractivity contribution is 6.37. The number of carbonyl (C=O) groups is 2. The van der Waals surface area contributed by atoms with Crippen LogP contribution in [0.25, 0.3) is 0 Å². The number of carbonyl (C=O) groups excluding carboxylic acids is 2. The number of morpholine rings is 1. The molecule has 1 atom stereocenters. The number of nitrogens with zero attached hydrogens (tertiary/aromatic N) is 1. The molecule has 0 radical (unpaired) electrons. The Kier molecular flexibility index (Phi) is 5.50. The molecular weight excluding hydrogens is 331 g/mol. The fourth-order valence-electron chi connectivity index (χ4n) is 2.07. The van der Waals surface area contributed by atoms with Crippen molar-refractivity contribution in [2.45, 2.75) is 13.0 Å². The zero-order valence-corrected chi connectivity index (χ0v) is 13.5. The Morgan fingerprint density at radius 2 is 1.95 bits per heavy atom. The molecule has 1 saturated heterocycles. The van der Waals surface area contributed by atoms with Crippen LogP contribution in [0.3, 0.4) is 0 Å². The number of ether oxygens (including phenoxy) is 2. The van der Waals surface area contributed by atoms with E-state index in [9.17, 15) is 9.59 Å². The molecule has 0 spiro atoms. The van der Waals surface area contributed by atoms with E-state index in [1.807, 2.05) is 0 Å². The minimum atomic E-state index is -0.928. The van der Waals surface area contributed by atoms with Gasteiger partial charge in [-0.25, -0.2) is 4.79 Å². The maximum Gasteiger partial charge on any atom is 0.341 e. The quantitative estimate of drug-likeness (QED) is 0.668. The number of nitrogen functional groups attached to an aromatic ring is 1. The molecule has 1 unspecified atom stereocenters. The highest BCUT2D eigenvalue weighted by Crippen LogP contribution is 2.28. The molecule has 1 aliphatic heterocycles. The Morgan fingerprint density at radius 3 is 2.59 bits per heavy atom. The maximum absolute atomic E-state index is 12.2. The van der Waals surface area contributed by atoms with Crippen LogP contribution in [0.15, 0.2) is 12.1 Å². The molecule has 120 valence electrons. The van der Waals surface area contributed by atoms with Crippen LogP contribution in [0.2, 0.25) is 10.0 Å². The molecule has 2 N–H and O–H groups in total. The molecule has 0 aromatic heterocycles. The molecule has 0 bridgehead atoms. The van der Waals surface area contributed by atoms with Gasteiger partial charge in [-0.15, -0.1) is 0 Å². The smallest absolute Gasteiger partial charge is 0.341 e. The van der Waals surface area contributed by atoms with Crippen molar-refractivity contribution in [2.24, 2.45) is 0 Å². The molecular formula is C14H16Cl2N2O4. The Balaban J connectivity index is 2.06. The van der Waals surface area contributed by atoms with Crippen molar-refractivity contribution >= 4 is 40.8 Å². The average molecular weight is 347 g/mol.